The van der Waals surface area contributed by atoms with Crippen molar-refractivity contribution in [1.82, 2.24) is 15.1 Å². The number of para-hydroxylation sites is 1. The van der Waals surface area contributed by atoms with Gasteiger partial charge >= 0.3 is 0 Å². The zero-order chi connectivity index (χ0) is 20.9. The highest BCUT2D eigenvalue weighted by Crippen LogP contribution is 2.27. The molecule has 0 bridgehead atoms. The zero-order valence-corrected chi connectivity index (χ0v) is 17.1. The third-order valence-electron chi connectivity index (χ3n) is 5.96. The van der Waals surface area contributed by atoms with E-state index in [9.17, 15) is 9.59 Å². The summed E-state index contributed by atoms with van der Waals surface area (Å²) in [6.07, 6.45) is 6.59. The van der Waals surface area contributed by atoms with Gasteiger partial charge in [0.25, 0.3) is 5.91 Å². The number of nitrogens with two attached hydrogens (primary N) is 1. The number of fused-ring (bicyclic) bond motifs is 1. The molecular formula is C24H28N4O2. The van der Waals surface area contributed by atoms with Crippen molar-refractivity contribution >= 4 is 22.7 Å². The topological polar surface area (TPSA) is 90.0 Å². The smallest absolute Gasteiger partial charge is 0.273 e. The Labute approximate surface area is 176 Å². The molecule has 0 saturated heterocycles. The van der Waals surface area contributed by atoms with Gasteiger partial charge in [-0.25, -0.2) is 0 Å². The summed E-state index contributed by atoms with van der Waals surface area (Å²) >= 11 is 0. The van der Waals surface area contributed by atoms with Gasteiger partial charge in [0.2, 0.25) is 5.91 Å². The van der Waals surface area contributed by atoms with Gasteiger partial charge in [-0.3, -0.25) is 14.3 Å². The summed E-state index contributed by atoms with van der Waals surface area (Å²) in [6, 6.07) is 16.5. The molecule has 3 aromatic rings. The van der Waals surface area contributed by atoms with Crippen LogP contribution in [0.2, 0.25) is 0 Å². The van der Waals surface area contributed by atoms with E-state index in [0.29, 0.717) is 18.0 Å². The number of nitrogens with zero attached hydrogens (tertiary/aromatic N) is 2. The number of hydrogen-bond acceptors (Lipinski definition) is 3. The van der Waals surface area contributed by atoms with Crippen LogP contribution in [-0.4, -0.2) is 27.6 Å². The molecule has 3 N–H and O–H groups in total. The van der Waals surface area contributed by atoms with Crippen LogP contribution in [0, 0.1) is 5.92 Å². The molecule has 0 unspecified atom stereocenters. The summed E-state index contributed by atoms with van der Waals surface area (Å²) in [7, 11) is 0. The number of nitrogens with one attached hydrogen (secondary N) is 1. The molecule has 6 heteroatoms. The largest absolute Gasteiger partial charge is 0.368 e. The maximum absolute atomic E-state index is 13.1. The summed E-state index contributed by atoms with van der Waals surface area (Å²) in [4.78, 5) is 25.1. The van der Waals surface area contributed by atoms with Gasteiger partial charge in [-0.15, -0.1) is 0 Å². The zero-order valence-electron chi connectivity index (χ0n) is 17.1. The maximum atomic E-state index is 13.1. The Morgan fingerprint density at radius 1 is 1.03 bits per heavy atom. The third kappa shape index (κ3) is 4.53. The van der Waals surface area contributed by atoms with Crippen molar-refractivity contribution in [3.63, 3.8) is 0 Å². The van der Waals surface area contributed by atoms with E-state index >= 15 is 0 Å². The predicted molar refractivity (Wildman–Crippen MR) is 117 cm³/mol. The summed E-state index contributed by atoms with van der Waals surface area (Å²) in [5.74, 6) is -0.333. The molecule has 1 saturated carbocycles. The van der Waals surface area contributed by atoms with Gasteiger partial charge in [-0.1, -0.05) is 67.8 Å². The minimum atomic E-state index is -0.790. The number of carbonyl (C=O) groups is 2. The number of aromatic nitrogens is 2. The molecule has 6 nitrogen and oxygen atoms in total. The van der Waals surface area contributed by atoms with E-state index < -0.39 is 11.9 Å². The summed E-state index contributed by atoms with van der Waals surface area (Å²) in [6.45, 7) is 0.817. The molecule has 4 rings (SSSR count). The highest BCUT2D eigenvalue weighted by Gasteiger charge is 2.24. The van der Waals surface area contributed by atoms with E-state index in [1.54, 1.807) is 0 Å². The van der Waals surface area contributed by atoms with Gasteiger partial charge in [-0.05, 0) is 30.4 Å². The van der Waals surface area contributed by atoms with Gasteiger partial charge in [0.1, 0.15) is 6.04 Å². The Bertz CT molecular complexity index is 1020. The number of rotatable bonds is 7. The van der Waals surface area contributed by atoms with Crippen LogP contribution in [-0.2, 0) is 17.8 Å². The van der Waals surface area contributed by atoms with Crippen molar-refractivity contribution in [2.75, 3.05) is 0 Å². The van der Waals surface area contributed by atoms with E-state index in [-0.39, 0.29) is 5.91 Å². The SMILES string of the molecule is NC(=O)[C@H](Cc1ccccc1)NC(=O)c1nn(CC2CCCCC2)c2ccccc12. The van der Waals surface area contributed by atoms with Crippen LogP contribution in [0.5, 0.6) is 0 Å². The lowest BCUT2D eigenvalue weighted by atomic mass is 9.89. The lowest BCUT2D eigenvalue weighted by Crippen LogP contribution is -2.46. The number of primary amides is 1. The van der Waals surface area contributed by atoms with E-state index in [2.05, 4.69) is 10.4 Å². The monoisotopic (exact) mass is 404 g/mol. The molecule has 2 amide bonds. The minimum absolute atomic E-state index is 0.348. The first-order valence-electron chi connectivity index (χ1n) is 10.7. The van der Waals surface area contributed by atoms with Crippen LogP contribution < -0.4 is 11.1 Å². The molecular weight excluding hydrogens is 376 g/mol. The molecule has 0 spiro atoms. The number of amides is 2. The molecule has 0 aliphatic heterocycles. The fourth-order valence-corrected chi connectivity index (χ4v) is 4.35. The van der Waals surface area contributed by atoms with Gasteiger partial charge in [0, 0.05) is 18.4 Å². The quantitative estimate of drug-likeness (QED) is 0.632. The van der Waals surface area contributed by atoms with E-state index in [0.717, 1.165) is 23.0 Å². The number of benzene rings is 2. The summed E-state index contributed by atoms with van der Waals surface area (Å²) in [5, 5.41) is 8.26. The van der Waals surface area contributed by atoms with Crippen LogP contribution in [0.4, 0.5) is 0 Å². The molecule has 1 aliphatic carbocycles. The first-order valence-corrected chi connectivity index (χ1v) is 10.7. The van der Waals surface area contributed by atoms with Crippen molar-refractivity contribution in [2.45, 2.75) is 51.1 Å². The molecule has 156 valence electrons. The van der Waals surface area contributed by atoms with Crippen LogP contribution in [0.25, 0.3) is 10.9 Å². The standard InChI is InChI=1S/C24H28N4O2/c25-23(29)20(15-17-9-3-1-4-10-17)26-24(30)22-19-13-7-8-14-21(19)28(27-22)16-18-11-5-2-6-12-18/h1,3-4,7-10,13-14,18,20H,2,5-6,11-12,15-16H2,(H2,25,29)(H,26,30)/t20-/m0/s1. The molecule has 0 radical (unpaired) electrons. The van der Waals surface area contributed by atoms with Crippen molar-refractivity contribution in [3.05, 3.63) is 65.9 Å². The first-order chi connectivity index (χ1) is 14.6. The van der Waals surface area contributed by atoms with E-state index in [1.165, 1.54) is 32.1 Å². The second-order valence-electron chi connectivity index (χ2n) is 8.17. The fourth-order valence-electron chi connectivity index (χ4n) is 4.35. The Morgan fingerprint density at radius 2 is 1.73 bits per heavy atom. The highest BCUT2D eigenvalue weighted by atomic mass is 16.2. The van der Waals surface area contributed by atoms with Gasteiger partial charge in [0.05, 0.1) is 5.52 Å². The van der Waals surface area contributed by atoms with Crippen LogP contribution in [0.3, 0.4) is 0 Å². The minimum Gasteiger partial charge on any atom is -0.368 e. The molecule has 2 aromatic carbocycles. The van der Waals surface area contributed by atoms with Gasteiger partial charge in [0.15, 0.2) is 5.69 Å². The number of hydrogen-bond donors (Lipinski definition) is 2. The van der Waals surface area contributed by atoms with Crippen molar-refractivity contribution < 1.29 is 9.59 Å². The highest BCUT2D eigenvalue weighted by molar-refractivity contribution is 6.06. The Kier molecular flexibility index (Phi) is 6.12. The average Bonchev–Trinajstić information content (AvgIpc) is 3.13. The maximum Gasteiger partial charge on any atom is 0.273 e. The lowest BCUT2D eigenvalue weighted by Gasteiger charge is -2.21. The van der Waals surface area contributed by atoms with Crippen LogP contribution in [0.15, 0.2) is 54.6 Å². The predicted octanol–water partition coefficient (Wildman–Crippen LogP) is 3.44. The van der Waals surface area contributed by atoms with E-state index in [1.807, 2.05) is 59.3 Å². The lowest BCUT2D eigenvalue weighted by molar-refractivity contribution is -0.119. The van der Waals surface area contributed by atoms with Crippen molar-refractivity contribution in [1.29, 1.82) is 0 Å². The van der Waals surface area contributed by atoms with Gasteiger partial charge in [-0.2, -0.15) is 5.10 Å². The number of carbonyl (C=O) groups excluding carboxylic acids is 2. The Hall–Kier alpha value is -3.15. The van der Waals surface area contributed by atoms with Gasteiger partial charge < -0.3 is 11.1 Å². The first kappa shape index (κ1) is 20.1. The summed E-state index contributed by atoms with van der Waals surface area (Å²) in [5.41, 5.74) is 7.81. The molecule has 1 aliphatic rings. The van der Waals surface area contributed by atoms with Crippen molar-refractivity contribution in [3.8, 4) is 0 Å². The third-order valence-corrected chi connectivity index (χ3v) is 5.96. The summed E-state index contributed by atoms with van der Waals surface area (Å²) < 4.78 is 1.96. The molecule has 30 heavy (non-hydrogen) atoms. The van der Waals surface area contributed by atoms with E-state index in [4.69, 9.17) is 5.73 Å². The molecule has 1 atom stereocenters. The van der Waals surface area contributed by atoms with Crippen molar-refractivity contribution in [2.24, 2.45) is 11.7 Å². The normalized spacial score (nSPS) is 15.7. The molecule has 1 fully saturated rings. The molecule has 1 heterocycles. The Morgan fingerprint density at radius 3 is 2.47 bits per heavy atom. The van der Waals surface area contributed by atoms with Crippen LogP contribution in [0.1, 0.15) is 48.2 Å². The average molecular weight is 405 g/mol. The van der Waals surface area contributed by atoms with Crippen LogP contribution >= 0.6 is 0 Å². The second kappa shape index (κ2) is 9.11. The second-order valence-corrected chi connectivity index (χ2v) is 8.17. The molecule has 1 aromatic heterocycles. The fraction of sp³-hybridized carbons (Fsp3) is 0.375. The Balaban J connectivity index is 1.56.